The van der Waals surface area contributed by atoms with Crippen LogP contribution in [-0.4, -0.2) is 33.9 Å². The maximum Gasteiger partial charge on any atom is 0.256 e. The van der Waals surface area contributed by atoms with Gasteiger partial charge in [-0.25, -0.2) is 4.98 Å². The Kier molecular flexibility index (Phi) is 6.46. The van der Waals surface area contributed by atoms with Crippen molar-refractivity contribution in [2.75, 3.05) is 13.2 Å². The standard InChI is InChI=1S/C25H27N3O3/c1-2-3-15-31-20-11-9-19(10-12-20)25(30)28-14-13-22-21(17-28)24(29)27-23(26-22)16-18-7-5-4-6-8-18/h4-12H,2-3,13-17H2,1H3,(H,26,27,29). The molecule has 3 aromatic rings. The molecule has 0 unspecified atom stereocenters. The number of unbranched alkanes of at least 4 members (excludes halogenated alkanes) is 1. The number of carbonyl (C=O) groups is 1. The smallest absolute Gasteiger partial charge is 0.256 e. The Morgan fingerprint density at radius 1 is 1.13 bits per heavy atom. The highest BCUT2D eigenvalue weighted by Gasteiger charge is 2.25. The Bertz CT molecular complexity index is 1090. The first-order valence-electron chi connectivity index (χ1n) is 10.8. The lowest BCUT2D eigenvalue weighted by molar-refractivity contribution is 0.0732. The average molecular weight is 418 g/mol. The van der Waals surface area contributed by atoms with E-state index in [1.165, 1.54) is 0 Å². The first kappa shape index (κ1) is 20.8. The second-order valence-corrected chi connectivity index (χ2v) is 7.80. The van der Waals surface area contributed by atoms with Crippen molar-refractivity contribution in [2.24, 2.45) is 0 Å². The summed E-state index contributed by atoms with van der Waals surface area (Å²) in [5.41, 5.74) is 2.90. The summed E-state index contributed by atoms with van der Waals surface area (Å²) in [6.45, 7) is 3.61. The summed E-state index contributed by atoms with van der Waals surface area (Å²) in [7, 11) is 0. The van der Waals surface area contributed by atoms with Crippen molar-refractivity contribution in [1.82, 2.24) is 14.9 Å². The highest BCUT2D eigenvalue weighted by atomic mass is 16.5. The predicted molar refractivity (Wildman–Crippen MR) is 119 cm³/mol. The van der Waals surface area contributed by atoms with Crippen molar-refractivity contribution < 1.29 is 9.53 Å². The zero-order valence-corrected chi connectivity index (χ0v) is 17.8. The van der Waals surface area contributed by atoms with E-state index in [0.29, 0.717) is 42.9 Å². The number of fused-ring (bicyclic) bond motifs is 1. The largest absolute Gasteiger partial charge is 0.494 e. The second-order valence-electron chi connectivity index (χ2n) is 7.80. The van der Waals surface area contributed by atoms with E-state index in [4.69, 9.17) is 4.74 Å². The van der Waals surface area contributed by atoms with Gasteiger partial charge in [-0.15, -0.1) is 0 Å². The third kappa shape index (κ3) is 5.02. The molecule has 2 heterocycles. The maximum atomic E-state index is 13.0. The number of hydrogen-bond donors (Lipinski definition) is 1. The van der Waals surface area contributed by atoms with Crippen LogP contribution in [0.1, 0.15) is 52.8 Å². The molecule has 0 fully saturated rings. The molecule has 160 valence electrons. The molecule has 31 heavy (non-hydrogen) atoms. The number of carbonyl (C=O) groups excluding carboxylic acids is 1. The van der Waals surface area contributed by atoms with Gasteiger partial charge in [-0.1, -0.05) is 43.7 Å². The lowest BCUT2D eigenvalue weighted by atomic mass is 10.0. The van der Waals surface area contributed by atoms with E-state index in [1.54, 1.807) is 17.0 Å². The zero-order chi connectivity index (χ0) is 21.6. The molecule has 1 amide bonds. The number of benzene rings is 2. The quantitative estimate of drug-likeness (QED) is 0.594. The third-order valence-electron chi connectivity index (χ3n) is 5.49. The normalized spacial score (nSPS) is 13.0. The van der Waals surface area contributed by atoms with Crippen LogP contribution < -0.4 is 10.3 Å². The van der Waals surface area contributed by atoms with Crippen LogP contribution in [0.2, 0.25) is 0 Å². The Balaban J connectivity index is 1.44. The highest BCUT2D eigenvalue weighted by Crippen LogP contribution is 2.19. The van der Waals surface area contributed by atoms with Gasteiger partial charge in [-0.05, 0) is 36.2 Å². The lowest BCUT2D eigenvalue weighted by Gasteiger charge is -2.28. The summed E-state index contributed by atoms with van der Waals surface area (Å²) in [6.07, 6.45) is 3.24. The molecular weight excluding hydrogens is 390 g/mol. The first-order valence-corrected chi connectivity index (χ1v) is 10.8. The molecule has 0 bridgehead atoms. The van der Waals surface area contributed by atoms with E-state index in [9.17, 15) is 9.59 Å². The summed E-state index contributed by atoms with van der Waals surface area (Å²) in [4.78, 5) is 34.9. The van der Waals surface area contributed by atoms with Crippen LogP contribution in [0.5, 0.6) is 5.75 Å². The molecular formula is C25H27N3O3. The van der Waals surface area contributed by atoms with Crippen LogP contribution in [0.3, 0.4) is 0 Å². The average Bonchev–Trinajstić information content (AvgIpc) is 2.80. The molecule has 0 radical (unpaired) electrons. The van der Waals surface area contributed by atoms with Crippen molar-refractivity contribution in [1.29, 1.82) is 0 Å². The van der Waals surface area contributed by atoms with Gasteiger partial charge in [0.2, 0.25) is 0 Å². The lowest BCUT2D eigenvalue weighted by Crippen LogP contribution is -2.39. The van der Waals surface area contributed by atoms with Gasteiger partial charge in [0.05, 0.1) is 24.4 Å². The van der Waals surface area contributed by atoms with E-state index in [2.05, 4.69) is 16.9 Å². The minimum atomic E-state index is -0.159. The number of amides is 1. The predicted octanol–water partition coefficient (Wildman–Crippen LogP) is 3.74. The third-order valence-corrected chi connectivity index (χ3v) is 5.49. The van der Waals surface area contributed by atoms with Gasteiger partial charge in [-0.3, -0.25) is 9.59 Å². The van der Waals surface area contributed by atoms with Crippen molar-refractivity contribution in [3.8, 4) is 5.75 Å². The Morgan fingerprint density at radius 2 is 1.90 bits per heavy atom. The van der Waals surface area contributed by atoms with Gasteiger partial charge in [0, 0.05) is 24.9 Å². The number of nitrogens with zero attached hydrogens (tertiary/aromatic N) is 2. The maximum absolute atomic E-state index is 13.0. The second kappa shape index (κ2) is 9.60. The molecule has 4 rings (SSSR count). The topological polar surface area (TPSA) is 75.3 Å². The highest BCUT2D eigenvalue weighted by molar-refractivity contribution is 5.94. The molecule has 0 atom stereocenters. The van der Waals surface area contributed by atoms with Crippen LogP contribution in [0, 0.1) is 0 Å². The molecule has 6 nitrogen and oxygen atoms in total. The fraction of sp³-hybridized carbons (Fsp3) is 0.320. The number of H-pyrrole nitrogens is 1. The van der Waals surface area contributed by atoms with E-state index in [0.717, 1.165) is 29.8 Å². The monoisotopic (exact) mass is 417 g/mol. The molecule has 0 saturated heterocycles. The number of ether oxygens (including phenoxy) is 1. The summed E-state index contributed by atoms with van der Waals surface area (Å²) in [5, 5.41) is 0. The van der Waals surface area contributed by atoms with Gasteiger partial charge in [0.25, 0.3) is 11.5 Å². The summed E-state index contributed by atoms with van der Waals surface area (Å²) in [5.74, 6) is 1.34. The van der Waals surface area contributed by atoms with Crippen molar-refractivity contribution >= 4 is 5.91 Å². The molecule has 0 saturated carbocycles. The first-order chi connectivity index (χ1) is 15.1. The molecule has 1 aliphatic rings. The van der Waals surface area contributed by atoms with Gasteiger partial charge < -0.3 is 14.6 Å². The zero-order valence-electron chi connectivity index (χ0n) is 17.8. The van der Waals surface area contributed by atoms with E-state index in [-0.39, 0.29) is 18.0 Å². The molecule has 1 aromatic heterocycles. The Labute approximate surface area is 181 Å². The van der Waals surface area contributed by atoms with Gasteiger partial charge >= 0.3 is 0 Å². The van der Waals surface area contributed by atoms with Crippen LogP contribution in [0.25, 0.3) is 0 Å². The summed E-state index contributed by atoms with van der Waals surface area (Å²) >= 11 is 0. The fourth-order valence-electron chi connectivity index (χ4n) is 3.73. The molecule has 1 aliphatic heterocycles. The SMILES string of the molecule is CCCCOc1ccc(C(=O)N2CCc3nc(Cc4ccccc4)[nH]c(=O)c3C2)cc1. The number of rotatable bonds is 7. The number of aromatic amines is 1. The van der Waals surface area contributed by atoms with Crippen LogP contribution in [0.15, 0.2) is 59.4 Å². The summed E-state index contributed by atoms with van der Waals surface area (Å²) < 4.78 is 5.66. The number of nitrogens with one attached hydrogen (secondary N) is 1. The van der Waals surface area contributed by atoms with Gasteiger partial charge in [-0.2, -0.15) is 0 Å². The van der Waals surface area contributed by atoms with E-state index < -0.39 is 0 Å². The number of hydrogen-bond acceptors (Lipinski definition) is 4. The Hall–Kier alpha value is -3.41. The molecule has 0 spiro atoms. The van der Waals surface area contributed by atoms with Crippen molar-refractivity contribution in [3.63, 3.8) is 0 Å². The van der Waals surface area contributed by atoms with Crippen molar-refractivity contribution in [2.45, 2.75) is 39.2 Å². The molecule has 6 heteroatoms. The van der Waals surface area contributed by atoms with E-state index in [1.807, 2.05) is 42.5 Å². The summed E-state index contributed by atoms with van der Waals surface area (Å²) in [6, 6.07) is 17.1. The number of aromatic nitrogens is 2. The minimum Gasteiger partial charge on any atom is -0.494 e. The van der Waals surface area contributed by atoms with E-state index >= 15 is 0 Å². The van der Waals surface area contributed by atoms with Crippen LogP contribution in [-0.2, 0) is 19.4 Å². The van der Waals surface area contributed by atoms with Gasteiger partial charge in [0.15, 0.2) is 0 Å². The molecule has 1 N–H and O–H groups in total. The van der Waals surface area contributed by atoms with Crippen molar-refractivity contribution in [3.05, 3.63) is 93.2 Å². The fourth-order valence-corrected chi connectivity index (χ4v) is 3.73. The van der Waals surface area contributed by atoms with Crippen LogP contribution in [0.4, 0.5) is 0 Å². The van der Waals surface area contributed by atoms with Crippen LogP contribution >= 0.6 is 0 Å². The van der Waals surface area contributed by atoms with Gasteiger partial charge in [0.1, 0.15) is 11.6 Å². The Morgan fingerprint density at radius 3 is 2.65 bits per heavy atom. The molecule has 0 aliphatic carbocycles. The minimum absolute atomic E-state index is 0.0847. The molecule has 2 aromatic carbocycles.